The molecule has 1 aromatic heterocycles. The van der Waals surface area contributed by atoms with E-state index in [1.54, 1.807) is 12.4 Å². The zero-order valence-corrected chi connectivity index (χ0v) is 9.24. The molecule has 5 N–H and O–H groups in total. The van der Waals surface area contributed by atoms with Gasteiger partial charge in [-0.15, -0.1) is 0 Å². The molecule has 82 valence electrons. The van der Waals surface area contributed by atoms with Crippen LogP contribution in [0.4, 0.5) is 11.4 Å². The zero-order chi connectivity index (χ0) is 10.9. The first-order valence-electron chi connectivity index (χ1n) is 5.38. The highest BCUT2D eigenvalue weighted by molar-refractivity contribution is 5.66. The van der Waals surface area contributed by atoms with E-state index in [0.29, 0.717) is 0 Å². The molecule has 0 aromatic carbocycles. The molecule has 0 aliphatic carbocycles. The number of quaternary nitrogens is 1. The summed E-state index contributed by atoms with van der Waals surface area (Å²) in [6, 6.07) is 1.99. The highest BCUT2D eigenvalue weighted by Gasteiger charge is 2.29. The van der Waals surface area contributed by atoms with Gasteiger partial charge in [0.15, 0.2) is 0 Å². The maximum Gasteiger partial charge on any atom is 0.0951 e. The Balaban J connectivity index is 2.11. The summed E-state index contributed by atoms with van der Waals surface area (Å²) in [5.74, 6) is 0. The lowest BCUT2D eigenvalue weighted by molar-refractivity contribution is -0.475. The molecule has 0 saturated carbocycles. The van der Waals surface area contributed by atoms with Crippen LogP contribution in [0.2, 0.25) is 0 Å². The van der Waals surface area contributed by atoms with Crippen molar-refractivity contribution in [3.63, 3.8) is 0 Å². The van der Waals surface area contributed by atoms with Crippen LogP contribution in [0.5, 0.6) is 0 Å². The maximum absolute atomic E-state index is 5.90. The SMILES string of the molecule is CC1([NH3+])CCN(c2ccncc2N)CC1. The summed E-state index contributed by atoms with van der Waals surface area (Å²) in [7, 11) is 0. The Hall–Kier alpha value is -1.29. The van der Waals surface area contributed by atoms with E-state index in [9.17, 15) is 0 Å². The Morgan fingerprint density at radius 2 is 2.13 bits per heavy atom. The van der Waals surface area contributed by atoms with Gasteiger partial charge in [0.2, 0.25) is 0 Å². The van der Waals surface area contributed by atoms with Crippen molar-refractivity contribution in [3.05, 3.63) is 18.5 Å². The lowest BCUT2D eigenvalue weighted by atomic mass is 9.91. The second kappa shape index (κ2) is 3.70. The predicted molar refractivity (Wildman–Crippen MR) is 61.4 cm³/mol. The van der Waals surface area contributed by atoms with E-state index in [4.69, 9.17) is 5.73 Å². The molecule has 1 aliphatic heterocycles. The summed E-state index contributed by atoms with van der Waals surface area (Å²) in [6.07, 6.45) is 5.75. The first-order chi connectivity index (χ1) is 7.08. The van der Waals surface area contributed by atoms with E-state index in [0.717, 1.165) is 37.3 Å². The van der Waals surface area contributed by atoms with Crippen LogP contribution in [0.25, 0.3) is 0 Å². The average molecular weight is 207 g/mol. The van der Waals surface area contributed by atoms with Crippen LogP contribution in [-0.4, -0.2) is 23.6 Å². The first-order valence-corrected chi connectivity index (χ1v) is 5.38. The van der Waals surface area contributed by atoms with Gasteiger partial charge in [-0.05, 0) is 13.0 Å². The van der Waals surface area contributed by atoms with Gasteiger partial charge in [0, 0.05) is 32.1 Å². The van der Waals surface area contributed by atoms with E-state index < -0.39 is 0 Å². The fourth-order valence-corrected chi connectivity index (χ4v) is 1.97. The average Bonchev–Trinajstić information content (AvgIpc) is 2.19. The number of hydrogen-bond donors (Lipinski definition) is 2. The molecule has 1 aliphatic rings. The number of pyridine rings is 1. The molecule has 0 spiro atoms. The molecule has 4 heteroatoms. The van der Waals surface area contributed by atoms with Gasteiger partial charge >= 0.3 is 0 Å². The predicted octanol–water partition coefficient (Wildman–Crippen LogP) is 0.265. The van der Waals surface area contributed by atoms with E-state index in [1.165, 1.54) is 0 Å². The zero-order valence-electron chi connectivity index (χ0n) is 9.24. The third-order valence-electron chi connectivity index (χ3n) is 3.14. The minimum Gasteiger partial charge on any atom is -0.396 e. The number of rotatable bonds is 1. The van der Waals surface area contributed by atoms with Gasteiger partial charge in [-0.1, -0.05) is 0 Å². The number of aromatic nitrogens is 1. The fraction of sp³-hybridized carbons (Fsp3) is 0.545. The van der Waals surface area contributed by atoms with Crippen molar-refractivity contribution in [3.8, 4) is 0 Å². The van der Waals surface area contributed by atoms with Crippen molar-refractivity contribution in [1.82, 2.24) is 4.98 Å². The van der Waals surface area contributed by atoms with Crippen molar-refractivity contribution < 1.29 is 5.73 Å². The van der Waals surface area contributed by atoms with Crippen molar-refractivity contribution in [2.45, 2.75) is 25.3 Å². The number of nitrogens with two attached hydrogens (primary N) is 1. The van der Waals surface area contributed by atoms with E-state index in [2.05, 4.69) is 22.5 Å². The van der Waals surface area contributed by atoms with Crippen LogP contribution in [0.1, 0.15) is 19.8 Å². The Morgan fingerprint density at radius 3 is 2.73 bits per heavy atom. The molecule has 1 fully saturated rings. The quantitative estimate of drug-likeness (QED) is 0.694. The van der Waals surface area contributed by atoms with Crippen molar-refractivity contribution in [2.75, 3.05) is 23.7 Å². The molecule has 2 heterocycles. The second-order valence-electron chi connectivity index (χ2n) is 4.73. The third kappa shape index (κ3) is 2.21. The van der Waals surface area contributed by atoms with Gasteiger partial charge in [-0.2, -0.15) is 0 Å². The number of nitrogens with zero attached hydrogens (tertiary/aromatic N) is 2. The molecule has 4 nitrogen and oxygen atoms in total. The van der Waals surface area contributed by atoms with Gasteiger partial charge in [-0.25, -0.2) is 0 Å². The minimum absolute atomic E-state index is 0.234. The fourth-order valence-electron chi connectivity index (χ4n) is 1.97. The molecule has 0 atom stereocenters. The molecule has 0 amide bonds. The summed E-state index contributed by atoms with van der Waals surface area (Å²) in [4.78, 5) is 6.33. The number of hydrogen-bond acceptors (Lipinski definition) is 3. The second-order valence-corrected chi connectivity index (χ2v) is 4.73. The topological polar surface area (TPSA) is 69.8 Å². The van der Waals surface area contributed by atoms with Crippen LogP contribution in [0.3, 0.4) is 0 Å². The van der Waals surface area contributed by atoms with Crippen molar-refractivity contribution in [2.24, 2.45) is 0 Å². The monoisotopic (exact) mass is 207 g/mol. The van der Waals surface area contributed by atoms with Crippen LogP contribution in [-0.2, 0) is 0 Å². The summed E-state index contributed by atoms with van der Waals surface area (Å²) < 4.78 is 0. The first kappa shape index (κ1) is 10.2. The molecule has 0 bridgehead atoms. The smallest absolute Gasteiger partial charge is 0.0951 e. The number of piperidine rings is 1. The summed E-state index contributed by atoms with van der Waals surface area (Å²) in [5.41, 5.74) is 12.2. The van der Waals surface area contributed by atoms with Crippen LogP contribution in [0.15, 0.2) is 18.5 Å². The van der Waals surface area contributed by atoms with Gasteiger partial charge < -0.3 is 16.4 Å². The lowest BCUT2D eigenvalue weighted by Gasteiger charge is -2.36. The maximum atomic E-state index is 5.90. The highest BCUT2D eigenvalue weighted by Crippen LogP contribution is 2.26. The lowest BCUT2D eigenvalue weighted by Crippen LogP contribution is -2.73. The largest absolute Gasteiger partial charge is 0.396 e. The Labute approximate surface area is 90.3 Å². The van der Waals surface area contributed by atoms with Gasteiger partial charge in [0.1, 0.15) is 0 Å². The van der Waals surface area contributed by atoms with Crippen molar-refractivity contribution in [1.29, 1.82) is 0 Å². The molecule has 0 radical (unpaired) electrons. The summed E-state index contributed by atoms with van der Waals surface area (Å²) in [6.45, 7) is 4.29. The van der Waals surface area contributed by atoms with E-state index in [1.807, 2.05) is 6.07 Å². The normalized spacial score (nSPS) is 20.3. The van der Waals surface area contributed by atoms with E-state index in [-0.39, 0.29) is 5.54 Å². The van der Waals surface area contributed by atoms with Gasteiger partial charge in [0.25, 0.3) is 0 Å². The van der Waals surface area contributed by atoms with Crippen LogP contribution in [0, 0.1) is 0 Å². The molecule has 0 unspecified atom stereocenters. The van der Waals surface area contributed by atoms with E-state index >= 15 is 0 Å². The summed E-state index contributed by atoms with van der Waals surface area (Å²) in [5, 5.41) is 0. The third-order valence-corrected chi connectivity index (χ3v) is 3.14. The number of anilines is 2. The molecule has 1 aromatic rings. The minimum atomic E-state index is 0.234. The standard InChI is InChI=1S/C11H18N4/c1-11(13)3-6-15(7-4-11)10-2-5-14-8-9(10)12/h2,5,8H,3-4,6-7,12-13H2,1H3/p+1. The van der Waals surface area contributed by atoms with Gasteiger partial charge in [0.05, 0.1) is 23.1 Å². The molecule has 15 heavy (non-hydrogen) atoms. The number of nitrogen functional groups attached to an aromatic ring is 1. The van der Waals surface area contributed by atoms with Crippen molar-refractivity contribution >= 4 is 11.4 Å². The Morgan fingerprint density at radius 1 is 1.47 bits per heavy atom. The van der Waals surface area contributed by atoms with Crippen LogP contribution < -0.4 is 16.4 Å². The summed E-state index contributed by atoms with van der Waals surface area (Å²) >= 11 is 0. The molecular weight excluding hydrogens is 188 g/mol. The molecule has 2 rings (SSSR count). The van der Waals surface area contributed by atoms with Crippen LogP contribution >= 0.6 is 0 Å². The highest BCUT2D eigenvalue weighted by atomic mass is 15.2. The van der Waals surface area contributed by atoms with Gasteiger partial charge in [-0.3, -0.25) is 4.98 Å². The Kier molecular flexibility index (Phi) is 2.52. The molecule has 1 saturated heterocycles. The Bertz CT molecular complexity index is 338. The molecular formula is C11H19N4+.